The van der Waals surface area contributed by atoms with Gasteiger partial charge in [-0.2, -0.15) is 13.2 Å². The second kappa shape index (κ2) is 2.39. The van der Waals surface area contributed by atoms with Crippen LogP contribution in [0.3, 0.4) is 0 Å². The highest BCUT2D eigenvalue weighted by Crippen LogP contribution is 2.20. The lowest BCUT2D eigenvalue weighted by Crippen LogP contribution is -2.31. The first-order valence-electron chi connectivity index (χ1n) is 2.94. The summed E-state index contributed by atoms with van der Waals surface area (Å²) in [5, 5.41) is 2.20. The first-order valence-corrected chi connectivity index (χ1v) is 2.94. The van der Waals surface area contributed by atoms with Crippen molar-refractivity contribution in [3.05, 3.63) is 0 Å². The van der Waals surface area contributed by atoms with E-state index in [9.17, 15) is 13.2 Å². The number of nitrogens with one attached hydrogen (secondary N) is 1. The highest BCUT2D eigenvalue weighted by Gasteiger charge is 2.37. The monoisotopic (exact) mass is 155 g/mol. The zero-order valence-electron chi connectivity index (χ0n) is 5.40. The van der Waals surface area contributed by atoms with E-state index in [1.54, 1.807) is 6.92 Å². The Morgan fingerprint density at radius 2 is 2.00 bits per heavy atom. The summed E-state index contributed by atoms with van der Waals surface area (Å²) in [5.74, 6) is 0. The van der Waals surface area contributed by atoms with E-state index in [4.69, 9.17) is 4.74 Å². The third-order valence-electron chi connectivity index (χ3n) is 1.21. The van der Waals surface area contributed by atoms with Crippen molar-refractivity contribution in [3.8, 4) is 0 Å². The van der Waals surface area contributed by atoms with Gasteiger partial charge in [-0.1, -0.05) is 0 Å². The van der Waals surface area contributed by atoms with Gasteiger partial charge in [0.1, 0.15) is 6.23 Å². The van der Waals surface area contributed by atoms with Gasteiger partial charge in [-0.3, -0.25) is 5.32 Å². The van der Waals surface area contributed by atoms with Gasteiger partial charge < -0.3 is 4.74 Å². The molecule has 0 spiro atoms. The fraction of sp³-hybridized carbons (Fsp3) is 1.00. The Kier molecular flexibility index (Phi) is 1.87. The van der Waals surface area contributed by atoms with Crippen LogP contribution in [0.25, 0.3) is 0 Å². The largest absolute Gasteiger partial charge is 0.401 e. The number of alkyl halides is 3. The van der Waals surface area contributed by atoms with E-state index in [1.807, 2.05) is 0 Å². The molecule has 1 heterocycles. The number of halogens is 3. The van der Waals surface area contributed by atoms with Crippen molar-refractivity contribution in [2.75, 3.05) is 6.54 Å². The molecule has 10 heavy (non-hydrogen) atoms. The van der Waals surface area contributed by atoms with Gasteiger partial charge in [-0.15, -0.1) is 0 Å². The number of hydrogen-bond acceptors (Lipinski definition) is 2. The van der Waals surface area contributed by atoms with Crippen LogP contribution in [0.5, 0.6) is 0 Å². The number of hydrogen-bond donors (Lipinski definition) is 1. The van der Waals surface area contributed by atoms with Crippen LogP contribution in [-0.4, -0.2) is 25.1 Å². The van der Waals surface area contributed by atoms with Crippen LogP contribution in [0.1, 0.15) is 6.92 Å². The van der Waals surface area contributed by atoms with Crippen LogP contribution < -0.4 is 5.32 Å². The van der Waals surface area contributed by atoms with E-state index in [1.165, 1.54) is 0 Å². The molecule has 1 rings (SSSR count). The third kappa shape index (κ3) is 2.53. The van der Waals surface area contributed by atoms with E-state index in [2.05, 4.69) is 5.32 Å². The molecular weight excluding hydrogens is 147 g/mol. The lowest BCUT2D eigenvalue weighted by Gasteiger charge is -2.04. The van der Waals surface area contributed by atoms with Crippen LogP contribution in [0, 0.1) is 0 Å². The first kappa shape index (κ1) is 7.81. The molecule has 2 nitrogen and oxygen atoms in total. The minimum absolute atomic E-state index is 0.0673. The standard InChI is InChI=1S/C5H8F3NO/c1-3-4(10-3)9-2-5(6,7)8/h3-4,9H,2H2,1H3/t3-,4?/m0/s1. The van der Waals surface area contributed by atoms with E-state index >= 15 is 0 Å². The van der Waals surface area contributed by atoms with E-state index in [-0.39, 0.29) is 12.3 Å². The van der Waals surface area contributed by atoms with Crippen molar-refractivity contribution in [1.82, 2.24) is 5.32 Å². The van der Waals surface area contributed by atoms with Crippen molar-refractivity contribution in [2.24, 2.45) is 0 Å². The Morgan fingerprint density at radius 3 is 2.30 bits per heavy atom. The average Bonchev–Trinajstić information content (AvgIpc) is 2.40. The van der Waals surface area contributed by atoms with Crippen molar-refractivity contribution >= 4 is 0 Å². The SMILES string of the molecule is C[C@@H]1OC1NCC(F)(F)F. The van der Waals surface area contributed by atoms with Gasteiger partial charge >= 0.3 is 6.18 Å². The number of rotatable bonds is 2. The molecule has 1 fully saturated rings. The van der Waals surface area contributed by atoms with Crippen LogP contribution in [-0.2, 0) is 4.74 Å². The lowest BCUT2D eigenvalue weighted by molar-refractivity contribution is -0.126. The molecule has 0 radical (unpaired) electrons. The topological polar surface area (TPSA) is 24.6 Å². The van der Waals surface area contributed by atoms with Gasteiger partial charge in [0.05, 0.1) is 12.6 Å². The van der Waals surface area contributed by atoms with Crippen LogP contribution in [0.2, 0.25) is 0 Å². The predicted octanol–water partition coefficient (Wildman–Crippen LogP) is 0.883. The summed E-state index contributed by atoms with van der Waals surface area (Å²) in [4.78, 5) is 0. The summed E-state index contributed by atoms with van der Waals surface area (Å²) in [6.07, 6.45) is -4.59. The summed E-state index contributed by atoms with van der Waals surface area (Å²) >= 11 is 0. The quantitative estimate of drug-likeness (QED) is 0.599. The van der Waals surface area contributed by atoms with E-state index < -0.39 is 12.7 Å². The summed E-state index contributed by atoms with van der Waals surface area (Å²) in [6, 6.07) is 0. The summed E-state index contributed by atoms with van der Waals surface area (Å²) < 4.78 is 39.1. The molecule has 0 saturated carbocycles. The maximum Gasteiger partial charge on any atom is 0.401 e. The van der Waals surface area contributed by atoms with Crippen molar-refractivity contribution in [3.63, 3.8) is 0 Å². The van der Waals surface area contributed by atoms with E-state index in [0.717, 1.165) is 0 Å². The molecule has 1 unspecified atom stereocenters. The molecular formula is C5H8F3NO. The highest BCUT2D eigenvalue weighted by molar-refractivity contribution is 4.78. The maximum atomic E-state index is 11.5. The first-order chi connectivity index (χ1) is 4.49. The molecule has 0 amide bonds. The van der Waals surface area contributed by atoms with Crippen molar-refractivity contribution < 1.29 is 17.9 Å². The van der Waals surface area contributed by atoms with Gasteiger partial charge in [0, 0.05) is 0 Å². The Hall–Kier alpha value is -0.290. The van der Waals surface area contributed by atoms with Gasteiger partial charge in [0.25, 0.3) is 0 Å². The Bertz CT molecular complexity index is 125. The molecule has 1 aliphatic rings. The zero-order chi connectivity index (χ0) is 7.78. The lowest BCUT2D eigenvalue weighted by atomic mass is 10.5. The summed E-state index contributed by atoms with van der Waals surface area (Å²) in [7, 11) is 0. The molecule has 0 bridgehead atoms. The zero-order valence-corrected chi connectivity index (χ0v) is 5.40. The second-order valence-electron chi connectivity index (χ2n) is 2.26. The average molecular weight is 155 g/mol. The Balaban J connectivity index is 2.06. The minimum atomic E-state index is -4.13. The van der Waals surface area contributed by atoms with Gasteiger partial charge in [0.2, 0.25) is 0 Å². The normalized spacial score (nSPS) is 32.4. The molecule has 1 N–H and O–H groups in total. The third-order valence-corrected chi connectivity index (χ3v) is 1.21. The van der Waals surface area contributed by atoms with Crippen LogP contribution in [0.15, 0.2) is 0 Å². The smallest absolute Gasteiger partial charge is 0.354 e. The Labute approximate surface area is 56.4 Å². The van der Waals surface area contributed by atoms with Crippen molar-refractivity contribution in [1.29, 1.82) is 0 Å². The number of epoxide rings is 1. The number of ether oxygens (including phenoxy) is 1. The highest BCUT2D eigenvalue weighted by atomic mass is 19.4. The predicted molar refractivity (Wildman–Crippen MR) is 28.4 cm³/mol. The minimum Gasteiger partial charge on any atom is -0.354 e. The summed E-state index contributed by atoms with van der Waals surface area (Å²) in [6.45, 7) is 0.746. The van der Waals surface area contributed by atoms with Gasteiger partial charge in [-0.25, -0.2) is 0 Å². The van der Waals surface area contributed by atoms with Crippen LogP contribution in [0.4, 0.5) is 13.2 Å². The maximum absolute atomic E-state index is 11.5. The molecule has 1 saturated heterocycles. The fourth-order valence-electron chi connectivity index (χ4n) is 0.616. The molecule has 60 valence electrons. The Morgan fingerprint density at radius 1 is 1.50 bits per heavy atom. The van der Waals surface area contributed by atoms with Crippen molar-refractivity contribution in [2.45, 2.75) is 25.4 Å². The molecule has 5 heteroatoms. The molecule has 0 aromatic carbocycles. The molecule has 2 atom stereocenters. The molecule has 0 aromatic heterocycles. The van der Waals surface area contributed by atoms with Crippen LogP contribution >= 0.6 is 0 Å². The second-order valence-corrected chi connectivity index (χ2v) is 2.26. The fourth-order valence-corrected chi connectivity index (χ4v) is 0.616. The molecule has 1 aliphatic heterocycles. The van der Waals surface area contributed by atoms with E-state index in [0.29, 0.717) is 0 Å². The summed E-state index contributed by atoms with van der Waals surface area (Å²) in [5.41, 5.74) is 0. The molecule has 0 aliphatic carbocycles. The van der Waals surface area contributed by atoms with Gasteiger partial charge in [0.15, 0.2) is 0 Å². The van der Waals surface area contributed by atoms with Gasteiger partial charge in [-0.05, 0) is 6.92 Å². The molecule has 0 aromatic rings.